The van der Waals surface area contributed by atoms with E-state index in [0.717, 1.165) is 20.7 Å². The molecule has 1 N–H and O–H groups in total. The molecule has 1 aromatic carbocycles. The van der Waals surface area contributed by atoms with Crippen LogP contribution in [0.1, 0.15) is 10.4 Å². The van der Waals surface area contributed by atoms with Gasteiger partial charge in [-0.1, -0.05) is 28.1 Å². The van der Waals surface area contributed by atoms with Crippen LogP contribution in [0, 0.1) is 0 Å². The van der Waals surface area contributed by atoms with Crippen molar-refractivity contribution in [3.63, 3.8) is 0 Å². The first-order chi connectivity index (χ1) is 10.5. The van der Waals surface area contributed by atoms with Gasteiger partial charge in [0.25, 0.3) is 0 Å². The van der Waals surface area contributed by atoms with Crippen LogP contribution >= 0.6 is 15.9 Å². The highest BCUT2D eigenvalue weighted by atomic mass is 79.9. The Morgan fingerprint density at radius 3 is 2.59 bits per heavy atom. The number of hydrogen-bond donors (Lipinski definition) is 1. The number of nitrogens with zero attached hydrogens (tertiary/aromatic N) is 3. The number of urea groups is 1. The molecule has 1 fully saturated rings. The maximum atomic E-state index is 12.0. The van der Waals surface area contributed by atoms with Crippen molar-refractivity contribution < 1.29 is 19.2 Å². The molecule has 4 amide bonds. The Hall–Kier alpha value is -2.55. The first-order valence-electron chi connectivity index (χ1n) is 6.15. The molecule has 0 unspecified atom stereocenters. The third-order valence-electron chi connectivity index (χ3n) is 2.74. The average molecular weight is 367 g/mol. The number of rotatable bonds is 6. The standard InChI is InChI=1S/C13H11BrN4O4/c14-10-3-1-9(2-4-10)11(20)5-17(8-19)7-15-18-6-12(21)16-13(18)22/h1-4,7-8H,5-6H2,(H,16,21,22). The number of ketones is 1. The smallest absolute Gasteiger partial charge is 0.296 e. The van der Waals surface area contributed by atoms with E-state index in [2.05, 4.69) is 21.0 Å². The van der Waals surface area contributed by atoms with Crippen LogP contribution in [-0.4, -0.2) is 53.5 Å². The van der Waals surface area contributed by atoms with E-state index in [0.29, 0.717) is 12.0 Å². The van der Waals surface area contributed by atoms with Gasteiger partial charge >= 0.3 is 6.03 Å². The van der Waals surface area contributed by atoms with Gasteiger partial charge in [0, 0.05) is 10.0 Å². The van der Waals surface area contributed by atoms with Crippen molar-refractivity contribution in [3.05, 3.63) is 34.3 Å². The molecule has 1 heterocycles. The molecule has 0 saturated carbocycles. The Balaban J connectivity index is 1.98. The first-order valence-corrected chi connectivity index (χ1v) is 6.94. The molecule has 114 valence electrons. The minimum atomic E-state index is -0.675. The Morgan fingerprint density at radius 2 is 2.05 bits per heavy atom. The third kappa shape index (κ3) is 3.98. The van der Waals surface area contributed by atoms with Crippen molar-refractivity contribution in [2.45, 2.75) is 0 Å². The summed E-state index contributed by atoms with van der Waals surface area (Å²) in [6.45, 7) is -0.444. The summed E-state index contributed by atoms with van der Waals surface area (Å²) in [4.78, 5) is 46.2. The molecule has 1 aliphatic heterocycles. The summed E-state index contributed by atoms with van der Waals surface area (Å²) in [5, 5.41) is 6.60. The van der Waals surface area contributed by atoms with E-state index in [1.54, 1.807) is 24.3 Å². The number of benzene rings is 1. The van der Waals surface area contributed by atoms with Crippen molar-refractivity contribution in [3.8, 4) is 0 Å². The first kappa shape index (κ1) is 15.8. The lowest BCUT2D eigenvalue weighted by Gasteiger charge is -2.12. The monoisotopic (exact) mass is 366 g/mol. The number of imide groups is 1. The predicted molar refractivity (Wildman–Crippen MR) is 80.0 cm³/mol. The summed E-state index contributed by atoms with van der Waals surface area (Å²) >= 11 is 3.26. The fourth-order valence-electron chi connectivity index (χ4n) is 1.65. The van der Waals surface area contributed by atoms with Gasteiger partial charge < -0.3 is 0 Å². The maximum Gasteiger partial charge on any atom is 0.345 e. The summed E-state index contributed by atoms with van der Waals surface area (Å²) in [5.74, 6) is -0.765. The second-order valence-corrected chi connectivity index (χ2v) is 5.27. The molecule has 1 aliphatic rings. The predicted octanol–water partition coefficient (Wildman–Crippen LogP) is 0.585. The Labute approximate surface area is 133 Å². The molecular weight excluding hydrogens is 356 g/mol. The Kier molecular flexibility index (Phi) is 4.99. The van der Waals surface area contributed by atoms with Gasteiger partial charge in [-0.2, -0.15) is 5.10 Å². The number of Topliss-reactive ketones (excluding diaryl/α,β-unsaturated/α-hetero) is 1. The highest BCUT2D eigenvalue weighted by Gasteiger charge is 2.26. The van der Waals surface area contributed by atoms with Gasteiger partial charge in [-0.05, 0) is 12.1 Å². The van der Waals surface area contributed by atoms with Crippen LogP contribution in [0.3, 0.4) is 0 Å². The van der Waals surface area contributed by atoms with E-state index in [1.165, 1.54) is 0 Å². The summed E-state index contributed by atoms with van der Waals surface area (Å²) < 4.78 is 0.836. The van der Waals surface area contributed by atoms with Gasteiger partial charge in [0.05, 0.1) is 6.54 Å². The van der Waals surface area contributed by atoms with Gasteiger partial charge in [-0.3, -0.25) is 24.6 Å². The van der Waals surface area contributed by atoms with Crippen molar-refractivity contribution in [2.75, 3.05) is 13.1 Å². The molecule has 1 aromatic rings. The van der Waals surface area contributed by atoms with Crippen molar-refractivity contribution in [1.29, 1.82) is 0 Å². The topological polar surface area (TPSA) is 99.2 Å². The summed E-state index contributed by atoms with van der Waals surface area (Å²) in [6, 6.07) is 6.00. The van der Waals surface area contributed by atoms with Crippen LogP contribution in [0.4, 0.5) is 4.79 Å². The third-order valence-corrected chi connectivity index (χ3v) is 3.27. The fourth-order valence-corrected chi connectivity index (χ4v) is 1.92. The highest BCUT2D eigenvalue weighted by Crippen LogP contribution is 2.11. The molecule has 1 saturated heterocycles. The van der Waals surface area contributed by atoms with E-state index in [9.17, 15) is 19.2 Å². The van der Waals surface area contributed by atoms with Gasteiger partial charge in [0.1, 0.15) is 12.9 Å². The molecule has 0 aliphatic carbocycles. The summed E-state index contributed by atoms with van der Waals surface area (Å²) in [6.07, 6.45) is 1.44. The van der Waals surface area contributed by atoms with Crippen molar-refractivity contribution in [1.82, 2.24) is 15.2 Å². The van der Waals surface area contributed by atoms with Crippen LogP contribution in [0.5, 0.6) is 0 Å². The van der Waals surface area contributed by atoms with E-state index >= 15 is 0 Å². The van der Waals surface area contributed by atoms with Gasteiger partial charge in [-0.15, -0.1) is 0 Å². The van der Waals surface area contributed by atoms with E-state index < -0.39 is 11.9 Å². The lowest BCUT2D eigenvalue weighted by Crippen LogP contribution is -2.30. The number of nitrogens with one attached hydrogen (secondary N) is 1. The lowest BCUT2D eigenvalue weighted by atomic mass is 10.1. The summed E-state index contributed by atoms with van der Waals surface area (Å²) in [7, 11) is 0. The molecule has 0 bridgehead atoms. The molecule has 0 atom stereocenters. The number of halogens is 1. The molecule has 8 nitrogen and oxygen atoms in total. The normalized spacial score (nSPS) is 14.3. The van der Waals surface area contributed by atoms with Crippen molar-refractivity contribution in [2.24, 2.45) is 5.10 Å². The largest absolute Gasteiger partial charge is 0.345 e. The minimum absolute atomic E-state index is 0.220. The lowest BCUT2D eigenvalue weighted by molar-refractivity contribution is -0.118. The van der Waals surface area contributed by atoms with Crippen LogP contribution in [-0.2, 0) is 9.59 Å². The zero-order valence-corrected chi connectivity index (χ0v) is 12.8. The van der Waals surface area contributed by atoms with E-state index in [4.69, 9.17) is 0 Å². The van der Waals surface area contributed by atoms with Crippen LogP contribution in [0.15, 0.2) is 33.8 Å². The second kappa shape index (κ2) is 6.94. The molecular formula is C13H11BrN4O4. The zero-order valence-electron chi connectivity index (χ0n) is 11.2. The average Bonchev–Trinajstić information content (AvgIpc) is 2.81. The minimum Gasteiger partial charge on any atom is -0.296 e. The quantitative estimate of drug-likeness (QED) is 0.262. The fraction of sp³-hybridized carbons (Fsp3) is 0.154. The number of amides is 4. The van der Waals surface area contributed by atoms with Crippen molar-refractivity contribution >= 4 is 46.4 Å². The molecule has 22 heavy (non-hydrogen) atoms. The van der Waals surface area contributed by atoms with Crippen LogP contribution in [0.25, 0.3) is 0 Å². The molecule has 0 radical (unpaired) electrons. The Bertz CT molecular complexity index is 644. The van der Waals surface area contributed by atoms with Gasteiger partial charge in [0.15, 0.2) is 5.78 Å². The number of hydrazone groups is 1. The number of carbonyl (C=O) groups is 4. The Morgan fingerprint density at radius 1 is 1.36 bits per heavy atom. The number of carbonyl (C=O) groups excluding carboxylic acids is 4. The number of hydrogen-bond acceptors (Lipinski definition) is 5. The second-order valence-electron chi connectivity index (χ2n) is 4.35. The van der Waals surface area contributed by atoms with E-state index in [1.807, 2.05) is 5.32 Å². The molecule has 0 spiro atoms. The van der Waals surface area contributed by atoms with Gasteiger partial charge in [0.2, 0.25) is 12.3 Å². The maximum absolute atomic E-state index is 12.0. The molecule has 2 rings (SSSR count). The summed E-state index contributed by atoms with van der Waals surface area (Å²) in [5.41, 5.74) is 0.442. The van der Waals surface area contributed by atoms with Crippen LogP contribution in [0.2, 0.25) is 0 Å². The van der Waals surface area contributed by atoms with Crippen LogP contribution < -0.4 is 5.32 Å². The SMILES string of the molecule is O=CN(C=NN1CC(=O)NC1=O)CC(=O)c1ccc(Br)cc1. The zero-order chi connectivity index (χ0) is 16.1. The molecule has 9 heteroatoms. The van der Waals surface area contributed by atoms with E-state index in [-0.39, 0.29) is 18.9 Å². The highest BCUT2D eigenvalue weighted by molar-refractivity contribution is 9.10. The van der Waals surface area contributed by atoms with Gasteiger partial charge in [-0.25, -0.2) is 9.80 Å². The molecule has 0 aromatic heterocycles.